The Labute approximate surface area is 71.2 Å². The monoisotopic (exact) mass is 170 g/mol. The molecule has 0 aromatic carbocycles. The number of rotatable bonds is 1. The lowest BCUT2D eigenvalue weighted by atomic mass is 10.3. The second-order valence-electron chi connectivity index (χ2n) is 2.99. The highest BCUT2D eigenvalue weighted by Gasteiger charge is 2.15. The zero-order chi connectivity index (χ0) is 7.84. The lowest BCUT2D eigenvalue weighted by molar-refractivity contribution is 0.746. The molecule has 3 heteroatoms. The fourth-order valence-corrected chi connectivity index (χ4v) is 1.57. The fraction of sp³-hybridized carbons (Fsp3) is 0.625. The maximum atomic E-state index is 5.89. The summed E-state index contributed by atoms with van der Waals surface area (Å²) in [7, 11) is 0. The van der Waals surface area contributed by atoms with Gasteiger partial charge in [-0.3, -0.25) is 0 Å². The predicted octanol–water partition coefficient (Wildman–Crippen LogP) is 2.13. The Kier molecular flexibility index (Phi) is 1.64. The molecule has 11 heavy (non-hydrogen) atoms. The lowest BCUT2D eigenvalue weighted by Crippen LogP contribution is -1.87. The number of hydrogen-bond donors (Lipinski definition) is 0. The van der Waals surface area contributed by atoms with E-state index in [0.717, 1.165) is 18.7 Å². The van der Waals surface area contributed by atoms with Crippen LogP contribution in [0.4, 0.5) is 0 Å². The van der Waals surface area contributed by atoms with Crippen LogP contribution in [0.3, 0.4) is 0 Å². The second-order valence-corrected chi connectivity index (χ2v) is 3.65. The van der Waals surface area contributed by atoms with Gasteiger partial charge in [-0.1, -0.05) is 0 Å². The molecular formula is C8H11ClN2. The number of fused-ring (bicyclic) bond motifs is 1. The maximum absolute atomic E-state index is 5.89. The van der Waals surface area contributed by atoms with E-state index >= 15 is 0 Å². The SMILES string of the molecule is CC(Cl)c1cn2c(n1)CCC2. The van der Waals surface area contributed by atoms with Crippen molar-refractivity contribution < 1.29 is 0 Å². The average molecular weight is 171 g/mol. The molecule has 1 aliphatic heterocycles. The summed E-state index contributed by atoms with van der Waals surface area (Å²) in [6, 6.07) is 0. The molecule has 2 heterocycles. The van der Waals surface area contributed by atoms with Crippen LogP contribution in [0, 0.1) is 0 Å². The van der Waals surface area contributed by atoms with Crippen molar-refractivity contribution in [2.45, 2.75) is 31.7 Å². The van der Waals surface area contributed by atoms with Gasteiger partial charge in [0.05, 0.1) is 11.1 Å². The molecule has 0 fully saturated rings. The molecule has 0 spiro atoms. The minimum absolute atomic E-state index is 0.0492. The predicted molar refractivity (Wildman–Crippen MR) is 44.8 cm³/mol. The molecule has 0 bridgehead atoms. The van der Waals surface area contributed by atoms with Gasteiger partial charge in [0, 0.05) is 19.2 Å². The normalized spacial score (nSPS) is 18.4. The van der Waals surface area contributed by atoms with E-state index in [9.17, 15) is 0 Å². The molecule has 1 atom stereocenters. The minimum atomic E-state index is 0.0492. The summed E-state index contributed by atoms with van der Waals surface area (Å²) in [5.74, 6) is 1.20. The van der Waals surface area contributed by atoms with Gasteiger partial charge in [0.15, 0.2) is 0 Å². The first-order chi connectivity index (χ1) is 5.27. The molecule has 0 aliphatic carbocycles. The van der Waals surface area contributed by atoms with Gasteiger partial charge in [-0.25, -0.2) is 4.98 Å². The Morgan fingerprint density at radius 2 is 2.55 bits per heavy atom. The van der Waals surface area contributed by atoms with Crippen molar-refractivity contribution in [3.63, 3.8) is 0 Å². The van der Waals surface area contributed by atoms with Crippen molar-refractivity contribution in [1.29, 1.82) is 0 Å². The Balaban J connectivity index is 2.34. The molecule has 1 aliphatic rings. The van der Waals surface area contributed by atoms with Crippen molar-refractivity contribution in [3.05, 3.63) is 17.7 Å². The van der Waals surface area contributed by atoms with E-state index in [1.807, 2.05) is 6.92 Å². The van der Waals surface area contributed by atoms with Crippen molar-refractivity contribution in [3.8, 4) is 0 Å². The van der Waals surface area contributed by atoms with Gasteiger partial charge >= 0.3 is 0 Å². The smallest absolute Gasteiger partial charge is 0.109 e. The molecule has 0 N–H and O–H groups in total. The molecular weight excluding hydrogens is 160 g/mol. The van der Waals surface area contributed by atoms with Crippen LogP contribution < -0.4 is 0 Å². The van der Waals surface area contributed by atoms with Gasteiger partial charge in [0.25, 0.3) is 0 Å². The van der Waals surface area contributed by atoms with Crippen LogP contribution in [-0.4, -0.2) is 9.55 Å². The van der Waals surface area contributed by atoms with Gasteiger partial charge in [-0.15, -0.1) is 11.6 Å². The zero-order valence-corrected chi connectivity index (χ0v) is 7.30. The third-order valence-corrected chi connectivity index (χ3v) is 2.31. The first-order valence-electron chi connectivity index (χ1n) is 3.97. The Morgan fingerprint density at radius 1 is 1.73 bits per heavy atom. The molecule has 60 valence electrons. The van der Waals surface area contributed by atoms with Crippen molar-refractivity contribution in [1.82, 2.24) is 9.55 Å². The number of imidazole rings is 1. The first-order valence-corrected chi connectivity index (χ1v) is 4.41. The highest BCUT2D eigenvalue weighted by molar-refractivity contribution is 6.20. The fourth-order valence-electron chi connectivity index (χ4n) is 1.47. The summed E-state index contributed by atoms with van der Waals surface area (Å²) in [6.45, 7) is 3.07. The van der Waals surface area contributed by atoms with E-state index in [0.29, 0.717) is 0 Å². The van der Waals surface area contributed by atoms with Gasteiger partial charge in [-0.2, -0.15) is 0 Å². The molecule has 2 rings (SSSR count). The van der Waals surface area contributed by atoms with Crippen LogP contribution in [0.15, 0.2) is 6.20 Å². The van der Waals surface area contributed by atoms with E-state index in [1.54, 1.807) is 0 Å². The summed E-state index contributed by atoms with van der Waals surface area (Å²) in [4.78, 5) is 4.42. The second kappa shape index (κ2) is 2.52. The summed E-state index contributed by atoms with van der Waals surface area (Å²) in [5.41, 5.74) is 1.02. The summed E-state index contributed by atoms with van der Waals surface area (Å²) >= 11 is 5.89. The highest BCUT2D eigenvalue weighted by atomic mass is 35.5. The number of aryl methyl sites for hydroxylation is 2. The summed E-state index contributed by atoms with van der Waals surface area (Å²) in [6.07, 6.45) is 4.42. The average Bonchev–Trinajstić information content (AvgIpc) is 2.40. The molecule has 2 nitrogen and oxygen atoms in total. The Bertz CT molecular complexity index is 244. The van der Waals surface area contributed by atoms with E-state index in [1.165, 1.54) is 12.2 Å². The van der Waals surface area contributed by atoms with Crippen LogP contribution in [0.5, 0.6) is 0 Å². The maximum Gasteiger partial charge on any atom is 0.109 e. The van der Waals surface area contributed by atoms with E-state index in [4.69, 9.17) is 11.6 Å². The third kappa shape index (κ3) is 1.16. The van der Waals surface area contributed by atoms with Gasteiger partial charge in [-0.05, 0) is 13.3 Å². The molecule has 1 aromatic heterocycles. The Morgan fingerprint density at radius 3 is 3.18 bits per heavy atom. The first kappa shape index (κ1) is 7.17. The summed E-state index contributed by atoms with van der Waals surface area (Å²) in [5, 5.41) is 0.0492. The molecule has 1 unspecified atom stereocenters. The van der Waals surface area contributed by atoms with Crippen LogP contribution in [0.25, 0.3) is 0 Å². The topological polar surface area (TPSA) is 17.8 Å². The number of alkyl halides is 1. The highest BCUT2D eigenvalue weighted by Crippen LogP contribution is 2.22. The minimum Gasteiger partial charge on any atom is -0.335 e. The van der Waals surface area contributed by atoms with E-state index in [2.05, 4.69) is 15.7 Å². The van der Waals surface area contributed by atoms with E-state index in [-0.39, 0.29) is 5.38 Å². The molecule has 1 aromatic rings. The third-order valence-electron chi connectivity index (χ3n) is 2.08. The van der Waals surface area contributed by atoms with Crippen molar-refractivity contribution >= 4 is 11.6 Å². The van der Waals surface area contributed by atoms with Crippen LogP contribution in [-0.2, 0) is 13.0 Å². The van der Waals surface area contributed by atoms with Gasteiger partial charge < -0.3 is 4.57 Å². The van der Waals surface area contributed by atoms with Gasteiger partial charge in [0.1, 0.15) is 5.82 Å². The molecule has 0 amide bonds. The van der Waals surface area contributed by atoms with Crippen LogP contribution >= 0.6 is 11.6 Å². The van der Waals surface area contributed by atoms with Gasteiger partial charge in [0.2, 0.25) is 0 Å². The molecule has 0 radical (unpaired) electrons. The quantitative estimate of drug-likeness (QED) is 0.591. The van der Waals surface area contributed by atoms with Crippen molar-refractivity contribution in [2.75, 3.05) is 0 Å². The van der Waals surface area contributed by atoms with E-state index < -0.39 is 0 Å². The Hall–Kier alpha value is -0.500. The van der Waals surface area contributed by atoms with Crippen LogP contribution in [0.2, 0.25) is 0 Å². The van der Waals surface area contributed by atoms with Crippen molar-refractivity contribution in [2.24, 2.45) is 0 Å². The standard InChI is InChI=1S/C8H11ClN2/c1-6(9)7-5-11-4-2-3-8(11)10-7/h5-6H,2-4H2,1H3. The lowest BCUT2D eigenvalue weighted by Gasteiger charge is -1.94. The van der Waals surface area contributed by atoms with Crippen LogP contribution in [0.1, 0.15) is 30.2 Å². The molecule has 0 saturated heterocycles. The largest absolute Gasteiger partial charge is 0.335 e. The number of aromatic nitrogens is 2. The number of hydrogen-bond acceptors (Lipinski definition) is 1. The number of nitrogens with zero attached hydrogens (tertiary/aromatic N) is 2. The summed E-state index contributed by atoms with van der Waals surface area (Å²) < 4.78 is 2.20. The molecule has 0 saturated carbocycles. The zero-order valence-electron chi connectivity index (χ0n) is 6.55. The number of halogens is 1.